The maximum atomic E-state index is 2.35. The lowest BCUT2D eigenvalue weighted by Gasteiger charge is -2.40. The van der Waals surface area contributed by atoms with Crippen molar-refractivity contribution in [1.29, 1.82) is 0 Å². The molecule has 0 heterocycles. The molecule has 244 valence electrons. The van der Waals surface area contributed by atoms with Crippen LogP contribution in [0.5, 0.6) is 0 Å². The number of nitrogens with zero attached hydrogens (tertiary/aromatic N) is 1. The molecule has 2 heteroatoms. The normalized spacial score (nSPS) is 11.7. The molecule has 1 nitrogen and oxygen atoms in total. The summed E-state index contributed by atoms with van der Waals surface area (Å²) in [5.41, 5.74) is 0. The minimum absolute atomic E-state index is 0. The summed E-state index contributed by atoms with van der Waals surface area (Å²) in [7, 11) is 0. The second kappa shape index (κ2) is 35.6. The zero-order chi connectivity index (χ0) is 28.5. The topological polar surface area (TPSA) is 0 Å². The molecule has 0 aliphatic carbocycles. The third kappa shape index (κ3) is 29.9. The highest BCUT2D eigenvalue weighted by atomic mass is 79.9. The van der Waals surface area contributed by atoms with E-state index >= 15 is 0 Å². The lowest BCUT2D eigenvalue weighted by atomic mass is 10.0. The van der Waals surface area contributed by atoms with Crippen LogP contribution in [0.1, 0.15) is 220 Å². The molecule has 0 saturated heterocycles. The van der Waals surface area contributed by atoms with Crippen LogP contribution in [-0.4, -0.2) is 30.7 Å². The van der Waals surface area contributed by atoms with Crippen LogP contribution in [0.2, 0.25) is 0 Å². The smallest absolute Gasteiger partial charge is 0.0786 e. The standard InChI is InChI=1S/C38H80N.BrH/c1-5-9-13-17-19-21-23-25-29-33-37-39(35-31-27-15-11-7-3,36-32-28-16-12-8-4)38-34-30-26-24-22-20-18-14-10-6-2;/h5-38H2,1-4H3;1H/q+1;/p-1. The highest BCUT2D eigenvalue weighted by Gasteiger charge is 2.25. The molecule has 0 unspecified atom stereocenters. The maximum absolute atomic E-state index is 2.35. The molecular formula is C38H80BrN. The van der Waals surface area contributed by atoms with E-state index in [1.54, 1.807) is 0 Å². The molecule has 0 saturated carbocycles. The molecular weight excluding hydrogens is 550 g/mol. The van der Waals surface area contributed by atoms with Crippen molar-refractivity contribution in [3.05, 3.63) is 0 Å². The lowest BCUT2D eigenvalue weighted by molar-refractivity contribution is -0.929. The Labute approximate surface area is 267 Å². The summed E-state index contributed by atoms with van der Waals surface area (Å²) < 4.78 is 1.48. The third-order valence-electron chi connectivity index (χ3n) is 9.44. The van der Waals surface area contributed by atoms with Crippen molar-refractivity contribution in [2.24, 2.45) is 0 Å². The van der Waals surface area contributed by atoms with Crippen molar-refractivity contribution < 1.29 is 21.5 Å². The van der Waals surface area contributed by atoms with Crippen molar-refractivity contribution in [3.8, 4) is 0 Å². The zero-order valence-electron chi connectivity index (χ0n) is 28.9. The molecule has 0 atom stereocenters. The maximum Gasteiger partial charge on any atom is 0.0786 e. The molecule has 0 aliphatic heterocycles. The summed E-state index contributed by atoms with van der Waals surface area (Å²) in [4.78, 5) is 0. The summed E-state index contributed by atoms with van der Waals surface area (Å²) in [6, 6.07) is 0. The first kappa shape index (κ1) is 42.6. The third-order valence-corrected chi connectivity index (χ3v) is 9.44. The monoisotopic (exact) mass is 630 g/mol. The quantitative estimate of drug-likeness (QED) is 0.0490. The molecule has 0 N–H and O–H groups in total. The Morgan fingerprint density at radius 3 is 0.550 bits per heavy atom. The van der Waals surface area contributed by atoms with Crippen LogP contribution >= 0.6 is 0 Å². The van der Waals surface area contributed by atoms with E-state index in [1.165, 1.54) is 223 Å². The summed E-state index contributed by atoms with van der Waals surface area (Å²) in [5.74, 6) is 0. The van der Waals surface area contributed by atoms with E-state index < -0.39 is 0 Å². The average Bonchev–Trinajstić information content (AvgIpc) is 2.94. The van der Waals surface area contributed by atoms with Gasteiger partial charge in [-0.05, 0) is 51.4 Å². The largest absolute Gasteiger partial charge is 1.00 e. The summed E-state index contributed by atoms with van der Waals surface area (Å²) >= 11 is 0. The van der Waals surface area contributed by atoms with E-state index in [-0.39, 0.29) is 17.0 Å². The van der Waals surface area contributed by atoms with E-state index in [4.69, 9.17) is 0 Å². The summed E-state index contributed by atoms with van der Waals surface area (Å²) in [6.07, 6.45) is 43.7. The predicted molar refractivity (Wildman–Crippen MR) is 181 cm³/mol. The number of unbranched alkanes of at least 4 members (excludes halogenated alkanes) is 26. The first-order valence-corrected chi connectivity index (χ1v) is 19.1. The fourth-order valence-electron chi connectivity index (χ4n) is 6.64. The SMILES string of the molecule is CCCCCCCCCCCC[N+](CCCCCCC)(CCCCCCC)CCCCCCCCCCCC.[Br-]. The number of halogens is 1. The van der Waals surface area contributed by atoms with Crippen LogP contribution in [0.15, 0.2) is 0 Å². The molecule has 40 heavy (non-hydrogen) atoms. The van der Waals surface area contributed by atoms with Gasteiger partial charge in [0.05, 0.1) is 26.2 Å². The molecule has 0 rings (SSSR count). The molecule has 0 spiro atoms. The van der Waals surface area contributed by atoms with Gasteiger partial charge in [0.25, 0.3) is 0 Å². The van der Waals surface area contributed by atoms with Gasteiger partial charge in [-0.25, -0.2) is 0 Å². The van der Waals surface area contributed by atoms with Crippen LogP contribution in [0, 0.1) is 0 Å². The van der Waals surface area contributed by atoms with Crippen LogP contribution in [0.25, 0.3) is 0 Å². The Morgan fingerprint density at radius 2 is 0.375 bits per heavy atom. The Bertz CT molecular complexity index is 397. The number of hydrogen-bond donors (Lipinski definition) is 0. The Balaban J connectivity index is 0. The van der Waals surface area contributed by atoms with Gasteiger partial charge >= 0.3 is 0 Å². The summed E-state index contributed by atoms with van der Waals surface area (Å²) in [5, 5.41) is 0. The van der Waals surface area contributed by atoms with Crippen LogP contribution in [0.3, 0.4) is 0 Å². The predicted octanol–water partition coefficient (Wildman–Crippen LogP) is 10.6. The van der Waals surface area contributed by atoms with Gasteiger partial charge in [0.1, 0.15) is 0 Å². The second-order valence-corrected chi connectivity index (χ2v) is 13.4. The van der Waals surface area contributed by atoms with Crippen molar-refractivity contribution in [3.63, 3.8) is 0 Å². The Hall–Kier alpha value is 0.440. The fraction of sp³-hybridized carbons (Fsp3) is 1.00. The number of hydrogen-bond acceptors (Lipinski definition) is 0. The molecule has 0 aromatic carbocycles. The van der Waals surface area contributed by atoms with Gasteiger partial charge < -0.3 is 21.5 Å². The molecule has 0 bridgehead atoms. The van der Waals surface area contributed by atoms with E-state index in [0.717, 1.165) is 0 Å². The zero-order valence-corrected chi connectivity index (χ0v) is 30.5. The minimum atomic E-state index is 0. The lowest BCUT2D eigenvalue weighted by Crippen LogP contribution is -3.00. The van der Waals surface area contributed by atoms with Crippen LogP contribution < -0.4 is 17.0 Å². The van der Waals surface area contributed by atoms with E-state index in [1.807, 2.05) is 0 Å². The Morgan fingerprint density at radius 1 is 0.225 bits per heavy atom. The van der Waals surface area contributed by atoms with Gasteiger partial charge in [0.15, 0.2) is 0 Å². The molecule has 0 radical (unpaired) electrons. The van der Waals surface area contributed by atoms with E-state index in [2.05, 4.69) is 27.7 Å². The van der Waals surface area contributed by atoms with Crippen molar-refractivity contribution in [2.45, 2.75) is 220 Å². The molecule has 0 amide bonds. The van der Waals surface area contributed by atoms with Gasteiger partial charge in [-0.2, -0.15) is 0 Å². The Kier molecular flexibility index (Phi) is 37.9. The first-order chi connectivity index (χ1) is 19.2. The highest BCUT2D eigenvalue weighted by Crippen LogP contribution is 2.21. The van der Waals surface area contributed by atoms with Crippen LogP contribution in [-0.2, 0) is 0 Å². The molecule has 0 fully saturated rings. The minimum Gasteiger partial charge on any atom is -1.00 e. The van der Waals surface area contributed by atoms with Crippen molar-refractivity contribution in [1.82, 2.24) is 0 Å². The van der Waals surface area contributed by atoms with Gasteiger partial charge in [-0.1, -0.05) is 169 Å². The average molecular weight is 631 g/mol. The second-order valence-electron chi connectivity index (χ2n) is 13.4. The van der Waals surface area contributed by atoms with Gasteiger partial charge in [0.2, 0.25) is 0 Å². The van der Waals surface area contributed by atoms with Gasteiger partial charge in [-0.3, -0.25) is 0 Å². The molecule has 0 aromatic rings. The number of rotatable bonds is 34. The van der Waals surface area contributed by atoms with E-state index in [9.17, 15) is 0 Å². The fourth-order valence-corrected chi connectivity index (χ4v) is 6.64. The number of quaternary nitrogens is 1. The highest BCUT2D eigenvalue weighted by molar-refractivity contribution is 4.55. The van der Waals surface area contributed by atoms with Crippen molar-refractivity contribution >= 4 is 0 Å². The van der Waals surface area contributed by atoms with Crippen molar-refractivity contribution in [2.75, 3.05) is 26.2 Å². The van der Waals surface area contributed by atoms with Gasteiger partial charge in [-0.15, -0.1) is 0 Å². The molecule has 0 aromatic heterocycles. The first-order valence-electron chi connectivity index (χ1n) is 19.1. The van der Waals surface area contributed by atoms with Gasteiger partial charge in [0, 0.05) is 0 Å². The molecule has 0 aliphatic rings. The summed E-state index contributed by atoms with van der Waals surface area (Å²) in [6.45, 7) is 15.3. The van der Waals surface area contributed by atoms with Crippen LogP contribution in [0.4, 0.5) is 0 Å². The van der Waals surface area contributed by atoms with E-state index in [0.29, 0.717) is 0 Å².